The van der Waals surface area contributed by atoms with Crippen molar-refractivity contribution in [2.24, 2.45) is 0 Å². The number of halogens is 3. The van der Waals surface area contributed by atoms with Crippen LogP contribution in [0.4, 0.5) is 13.2 Å². The van der Waals surface area contributed by atoms with E-state index >= 15 is 0 Å². The molecule has 2 unspecified atom stereocenters. The molecule has 0 bridgehead atoms. The Kier molecular flexibility index (Phi) is 6.43. The normalized spacial score (nSPS) is 20.2. The Hall–Kier alpha value is -2.29. The zero-order valence-corrected chi connectivity index (χ0v) is 15.6. The Balaban J connectivity index is 1.98. The molecule has 1 fully saturated rings. The van der Waals surface area contributed by atoms with Gasteiger partial charge in [0.15, 0.2) is 11.5 Å². The van der Waals surface area contributed by atoms with Crippen molar-refractivity contribution in [3.8, 4) is 11.5 Å². The zero-order valence-electron chi connectivity index (χ0n) is 15.6. The lowest BCUT2D eigenvalue weighted by atomic mass is 9.97. The zero-order chi connectivity index (χ0) is 20.3. The molecule has 1 N–H and O–H groups in total. The van der Waals surface area contributed by atoms with Gasteiger partial charge in [-0.3, -0.25) is 4.90 Å². The molecule has 1 aliphatic heterocycles. The van der Waals surface area contributed by atoms with Crippen molar-refractivity contribution in [3.05, 3.63) is 58.9 Å². The van der Waals surface area contributed by atoms with Gasteiger partial charge in [-0.1, -0.05) is 6.07 Å². The van der Waals surface area contributed by atoms with E-state index in [1.165, 1.54) is 14.2 Å². The number of hydrogen-bond donors (Lipinski definition) is 1. The van der Waals surface area contributed by atoms with Crippen molar-refractivity contribution >= 4 is 0 Å². The summed E-state index contributed by atoms with van der Waals surface area (Å²) in [5.74, 6) is -1.84. The number of aliphatic hydroxyl groups excluding tert-OH is 1. The third kappa shape index (κ3) is 4.09. The topological polar surface area (TPSA) is 51.2 Å². The molecule has 5 nitrogen and oxygen atoms in total. The van der Waals surface area contributed by atoms with E-state index in [9.17, 15) is 18.3 Å². The highest BCUT2D eigenvalue weighted by molar-refractivity contribution is 5.44. The lowest BCUT2D eigenvalue weighted by Crippen LogP contribution is -2.46. The molecule has 0 spiro atoms. The van der Waals surface area contributed by atoms with Crippen molar-refractivity contribution in [2.75, 3.05) is 34.0 Å². The van der Waals surface area contributed by atoms with Crippen LogP contribution in [0.5, 0.6) is 11.5 Å². The van der Waals surface area contributed by atoms with E-state index in [1.807, 2.05) is 0 Å². The fraction of sp³-hybridized carbons (Fsp3) is 0.400. The summed E-state index contributed by atoms with van der Waals surface area (Å²) in [4.78, 5) is 1.80. The molecule has 2 atom stereocenters. The second kappa shape index (κ2) is 8.81. The van der Waals surface area contributed by atoms with Gasteiger partial charge < -0.3 is 19.3 Å². The van der Waals surface area contributed by atoms with Crippen LogP contribution >= 0.6 is 0 Å². The van der Waals surface area contributed by atoms with E-state index in [1.54, 1.807) is 23.1 Å². The number of nitrogens with zero attached hydrogens (tertiary/aromatic N) is 1. The minimum atomic E-state index is -0.967. The molecule has 0 aromatic heterocycles. The number of methoxy groups -OCH3 is 2. The summed E-state index contributed by atoms with van der Waals surface area (Å²) in [5.41, 5.74) is 0.504. The lowest BCUT2D eigenvalue weighted by molar-refractivity contribution is -0.0965. The van der Waals surface area contributed by atoms with E-state index < -0.39 is 29.6 Å². The summed E-state index contributed by atoms with van der Waals surface area (Å²) in [6.07, 6.45) is -0.599. The molecular weight excluding hydrogens is 375 g/mol. The highest BCUT2D eigenvalue weighted by Crippen LogP contribution is 2.36. The summed E-state index contributed by atoms with van der Waals surface area (Å²) < 4.78 is 57.8. The lowest BCUT2D eigenvalue weighted by Gasteiger charge is -2.41. The van der Waals surface area contributed by atoms with Crippen LogP contribution in [0.1, 0.15) is 17.2 Å². The maximum absolute atomic E-state index is 14.2. The molecule has 2 aromatic carbocycles. The van der Waals surface area contributed by atoms with Gasteiger partial charge in [0.1, 0.15) is 23.6 Å². The number of rotatable bonds is 6. The third-order valence-corrected chi connectivity index (χ3v) is 4.85. The molecule has 1 saturated heterocycles. The van der Waals surface area contributed by atoms with Crippen LogP contribution in [0.25, 0.3) is 0 Å². The first-order valence-electron chi connectivity index (χ1n) is 8.80. The van der Waals surface area contributed by atoms with Crippen LogP contribution < -0.4 is 9.47 Å². The molecular formula is C20H22F3NO4. The number of aliphatic hydroxyl groups is 1. The Morgan fingerprint density at radius 2 is 1.75 bits per heavy atom. The maximum Gasteiger partial charge on any atom is 0.161 e. The first kappa shape index (κ1) is 20.4. The van der Waals surface area contributed by atoms with Crippen molar-refractivity contribution in [2.45, 2.75) is 18.7 Å². The molecule has 1 aliphatic rings. The summed E-state index contributed by atoms with van der Waals surface area (Å²) in [7, 11) is 3.02. The number of hydrogen-bond acceptors (Lipinski definition) is 5. The number of benzene rings is 2. The van der Waals surface area contributed by atoms with Crippen LogP contribution in [0.2, 0.25) is 0 Å². The minimum Gasteiger partial charge on any atom is -0.493 e. The second-order valence-electron chi connectivity index (χ2n) is 6.47. The van der Waals surface area contributed by atoms with Crippen molar-refractivity contribution < 1.29 is 32.5 Å². The molecule has 152 valence electrons. The van der Waals surface area contributed by atoms with Crippen molar-refractivity contribution in [1.29, 1.82) is 0 Å². The van der Waals surface area contributed by atoms with E-state index in [0.717, 1.165) is 5.56 Å². The summed E-state index contributed by atoms with van der Waals surface area (Å²) in [6, 6.07) is 6.08. The predicted octanol–water partition coefficient (Wildman–Crippen LogP) is 3.06. The molecule has 1 heterocycles. The Labute approximate surface area is 161 Å². The van der Waals surface area contributed by atoms with E-state index in [4.69, 9.17) is 14.2 Å². The molecule has 0 radical (unpaired) electrons. The van der Waals surface area contributed by atoms with Gasteiger partial charge in [0.2, 0.25) is 0 Å². The first-order chi connectivity index (χ1) is 13.5. The summed E-state index contributed by atoms with van der Waals surface area (Å²) in [5, 5.41) is 9.77. The predicted molar refractivity (Wildman–Crippen MR) is 95.8 cm³/mol. The van der Waals surface area contributed by atoms with E-state index in [2.05, 4.69) is 0 Å². The van der Waals surface area contributed by atoms with Crippen LogP contribution in [0.3, 0.4) is 0 Å². The van der Waals surface area contributed by atoms with Crippen molar-refractivity contribution in [3.63, 3.8) is 0 Å². The molecule has 0 aliphatic carbocycles. The van der Waals surface area contributed by atoms with Crippen molar-refractivity contribution in [1.82, 2.24) is 4.90 Å². The first-order valence-corrected chi connectivity index (χ1v) is 8.80. The van der Waals surface area contributed by atoms with Gasteiger partial charge in [-0.15, -0.1) is 0 Å². The Morgan fingerprint density at radius 3 is 2.36 bits per heavy atom. The maximum atomic E-state index is 14.2. The fourth-order valence-corrected chi connectivity index (χ4v) is 3.51. The number of morpholine rings is 1. The average molecular weight is 397 g/mol. The van der Waals surface area contributed by atoms with Gasteiger partial charge in [0, 0.05) is 30.8 Å². The van der Waals surface area contributed by atoms with Gasteiger partial charge in [-0.2, -0.15) is 0 Å². The minimum absolute atomic E-state index is 0.100. The van der Waals surface area contributed by atoms with Gasteiger partial charge in [-0.25, -0.2) is 13.2 Å². The monoisotopic (exact) mass is 397 g/mol. The third-order valence-electron chi connectivity index (χ3n) is 4.85. The largest absolute Gasteiger partial charge is 0.493 e. The van der Waals surface area contributed by atoms with Crippen LogP contribution in [0, 0.1) is 17.5 Å². The Morgan fingerprint density at radius 1 is 1.07 bits per heavy atom. The molecule has 0 amide bonds. The highest BCUT2D eigenvalue weighted by atomic mass is 19.1. The molecule has 8 heteroatoms. The van der Waals surface area contributed by atoms with E-state index in [-0.39, 0.29) is 18.7 Å². The van der Waals surface area contributed by atoms with Gasteiger partial charge >= 0.3 is 0 Å². The van der Waals surface area contributed by atoms with Crippen LogP contribution in [-0.4, -0.2) is 50.1 Å². The number of ether oxygens (including phenoxy) is 3. The molecule has 3 rings (SSSR count). The fourth-order valence-electron chi connectivity index (χ4n) is 3.51. The highest BCUT2D eigenvalue weighted by Gasteiger charge is 2.34. The van der Waals surface area contributed by atoms with Gasteiger partial charge in [0.25, 0.3) is 0 Å². The molecule has 28 heavy (non-hydrogen) atoms. The van der Waals surface area contributed by atoms with Crippen LogP contribution in [-0.2, 0) is 11.3 Å². The smallest absolute Gasteiger partial charge is 0.161 e. The SMILES string of the molecule is COc1ccc(C2C(CO)OCCN2Cc2c(F)cc(F)cc2F)cc1OC. The Bertz CT molecular complexity index is 810. The summed E-state index contributed by atoms with van der Waals surface area (Å²) in [6.45, 7) is 0.298. The summed E-state index contributed by atoms with van der Waals surface area (Å²) >= 11 is 0. The molecule has 0 saturated carbocycles. The van der Waals surface area contributed by atoms with E-state index in [0.29, 0.717) is 36.8 Å². The van der Waals surface area contributed by atoms with Gasteiger partial charge in [-0.05, 0) is 17.7 Å². The average Bonchev–Trinajstić information content (AvgIpc) is 2.69. The van der Waals surface area contributed by atoms with Gasteiger partial charge in [0.05, 0.1) is 33.5 Å². The van der Waals surface area contributed by atoms with Crippen LogP contribution in [0.15, 0.2) is 30.3 Å². The second-order valence-corrected chi connectivity index (χ2v) is 6.47. The standard InChI is InChI=1S/C20H22F3NO4/c1-26-17-4-3-12(7-18(17)27-2)20-19(11-25)28-6-5-24(20)10-14-15(22)8-13(21)9-16(14)23/h3-4,7-9,19-20,25H,5-6,10-11H2,1-2H3. The quantitative estimate of drug-likeness (QED) is 0.812. The molecule has 2 aromatic rings.